The summed E-state index contributed by atoms with van der Waals surface area (Å²) in [6.45, 7) is 0. The lowest BCUT2D eigenvalue weighted by atomic mass is 11.1. The molecule has 4 nitrogen and oxygen atoms in total. The van der Waals surface area contributed by atoms with Crippen LogP contribution in [-0.4, -0.2) is 17.4 Å². The lowest BCUT2D eigenvalue weighted by molar-refractivity contribution is -0.670. The maximum Gasteiger partial charge on any atom is 0.251 e. The SMILES string of the molecule is C[N@+]1(S)C=NN=N1. The summed E-state index contributed by atoms with van der Waals surface area (Å²) in [5, 5.41) is 10.4. The summed E-state index contributed by atoms with van der Waals surface area (Å²) in [5.74, 6) is 0. The molecule has 1 atom stereocenters. The summed E-state index contributed by atoms with van der Waals surface area (Å²) in [4.78, 5) is 0. The van der Waals surface area contributed by atoms with Gasteiger partial charge in [0.05, 0.1) is 18.0 Å². The van der Waals surface area contributed by atoms with Crippen LogP contribution in [0, 0.1) is 0 Å². The van der Waals surface area contributed by atoms with E-state index in [4.69, 9.17) is 0 Å². The summed E-state index contributed by atoms with van der Waals surface area (Å²) in [6, 6.07) is 0. The van der Waals surface area contributed by atoms with Gasteiger partial charge in [0.25, 0.3) is 6.34 Å². The second kappa shape index (κ2) is 1.28. The maximum absolute atomic E-state index is 3.98. The smallest absolute Gasteiger partial charge is 0.0792 e. The predicted octanol–water partition coefficient (Wildman–Crippen LogP) is 0.602. The minimum Gasteiger partial charge on any atom is -0.0792 e. The van der Waals surface area contributed by atoms with Crippen molar-refractivity contribution >= 4 is 19.2 Å². The summed E-state index contributed by atoms with van der Waals surface area (Å²) < 4.78 is 0.111. The molecule has 1 rings (SSSR count). The Morgan fingerprint density at radius 2 is 2.43 bits per heavy atom. The van der Waals surface area contributed by atoms with Gasteiger partial charge in [-0.1, -0.05) is 9.10 Å². The van der Waals surface area contributed by atoms with Crippen molar-refractivity contribution in [2.24, 2.45) is 15.5 Å². The fourth-order valence-corrected chi connectivity index (χ4v) is 0.330. The van der Waals surface area contributed by atoms with Crippen LogP contribution in [-0.2, 0) is 0 Å². The number of hydrogen-bond donors (Lipinski definition) is 1. The standard InChI is InChI=1S/C2H5N4S/c1-6(7)2-3-4-5-6/h2,7H,1H3/q+1/t6-/m0/s1. The van der Waals surface area contributed by atoms with Gasteiger partial charge in [-0.2, -0.15) is 0 Å². The van der Waals surface area contributed by atoms with Crippen LogP contribution in [0.5, 0.6) is 0 Å². The zero-order chi connectivity index (χ0) is 5.33. The Labute approximate surface area is 46.6 Å². The first-order valence-electron chi connectivity index (χ1n) is 1.76. The Morgan fingerprint density at radius 1 is 1.71 bits per heavy atom. The number of hydrogen-bond acceptors (Lipinski definition) is 4. The molecule has 38 valence electrons. The normalized spacial score (nSPS) is 37.4. The Balaban J connectivity index is 2.77. The van der Waals surface area contributed by atoms with E-state index >= 15 is 0 Å². The van der Waals surface area contributed by atoms with Crippen LogP contribution in [0.25, 0.3) is 0 Å². The monoisotopic (exact) mass is 117 g/mol. The van der Waals surface area contributed by atoms with Gasteiger partial charge >= 0.3 is 0 Å². The van der Waals surface area contributed by atoms with Crippen LogP contribution in [0.3, 0.4) is 0 Å². The highest BCUT2D eigenvalue weighted by Gasteiger charge is 2.16. The van der Waals surface area contributed by atoms with Crippen molar-refractivity contribution in [3.8, 4) is 0 Å². The molecule has 0 N–H and O–H groups in total. The molecule has 0 amide bonds. The molecule has 0 aliphatic carbocycles. The van der Waals surface area contributed by atoms with Gasteiger partial charge in [0.15, 0.2) is 0 Å². The highest BCUT2D eigenvalue weighted by Crippen LogP contribution is 2.09. The van der Waals surface area contributed by atoms with E-state index in [9.17, 15) is 0 Å². The average Bonchev–Trinajstić information content (AvgIpc) is 1.84. The molecular weight excluding hydrogens is 112 g/mol. The molecule has 0 aromatic rings. The molecule has 0 fully saturated rings. The molecule has 0 radical (unpaired) electrons. The van der Waals surface area contributed by atoms with Gasteiger partial charge in [0.1, 0.15) is 7.05 Å². The third-order valence-electron chi connectivity index (χ3n) is 0.543. The molecule has 0 unspecified atom stereocenters. The third-order valence-corrected chi connectivity index (χ3v) is 0.726. The molecule has 1 aliphatic heterocycles. The molecule has 0 aromatic heterocycles. The maximum atomic E-state index is 3.98. The highest BCUT2D eigenvalue weighted by molar-refractivity contribution is 7.74. The molecule has 0 saturated heterocycles. The van der Waals surface area contributed by atoms with E-state index in [1.165, 1.54) is 6.34 Å². The van der Waals surface area contributed by atoms with Gasteiger partial charge in [-0.05, 0) is 0 Å². The van der Waals surface area contributed by atoms with Gasteiger partial charge in [0, 0.05) is 5.22 Å². The van der Waals surface area contributed by atoms with Gasteiger partial charge in [0.2, 0.25) is 0 Å². The Morgan fingerprint density at radius 3 is 2.57 bits per heavy atom. The molecule has 5 heteroatoms. The van der Waals surface area contributed by atoms with Crippen molar-refractivity contribution in [2.45, 2.75) is 0 Å². The molecule has 1 heterocycles. The average molecular weight is 117 g/mol. The zero-order valence-electron chi connectivity index (χ0n) is 3.81. The second-order valence-corrected chi connectivity index (χ2v) is 2.20. The van der Waals surface area contributed by atoms with E-state index in [1.54, 1.807) is 7.05 Å². The quantitative estimate of drug-likeness (QED) is 0.356. The second-order valence-electron chi connectivity index (χ2n) is 1.39. The van der Waals surface area contributed by atoms with Gasteiger partial charge in [-0.25, -0.2) is 0 Å². The number of rotatable bonds is 0. The summed E-state index contributed by atoms with van der Waals surface area (Å²) >= 11 is 3.98. The Bertz CT molecular complexity index is 112. The number of quaternary nitrogens is 1. The van der Waals surface area contributed by atoms with Gasteiger partial charge < -0.3 is 0 Å². The van der Waals surface area contributed by atoms with Gasteiger partial charge in [-0.3, -0.25) is 0 Å². The van der Waals surface area contributed by atoms with Crippen molar-refractivity contribution in [1.82, 2.24) is 0 Å². The summed E-state index contributed by atoms with van der Waals surface area (Å²) in [5.41, 5.74) is 0. The van der Waals surface area contributed by atoms with Crippen LogP contribution in [0.1, 0.15) is 0 Å². The molecule has 7 heavy (non-hydrogen) atoms. The number of nitrogens with zero attached hydrogens (tertiary/aromatic N) is 4. The van der Waals surface area contributed by atoms with E-state index < -0.39 is 0 Å². The summed E-state index contributed by atoms with van der Waals surface area (Å²) in [7, 11) is 1.75. The minimum absolute atomic E-state index is 0.111. The van der Waals surface area contributed by atoms with Crippen LogP contribution < -0.4 is 0 Å². The van der Waals surface area contributed by atoms with Crippen LogP contribution in [0.2, 0.25) is 0 Å². The van der Waals surface area contributed by atoms with Crippen molar-refractivity contribution < 1.29 is 4.00 Å². The predicted molar refractivity (Wildman–Crippen MR) is 28.5 cm³/mol. The molecular formula is C2H5N4S+. The lowest BCUT2D eigenvalue weighted by Crippen LogP contribution is -2.20. The van der Waals surface area contributed by atoms with Crippen molar-refractivity contribution in [1.29, 1.82) is 0 Å². The van der Waals surface area contributed by atoms with Crippen molar-refractivity contribution in [3.05, 3.63) is 0 Å². The van der Waals surface area contributed by atoms with Crippen LogP contribution in [0.4, 0.5) is 0 Å². The fourth-order valence-electron chi connectivity index (χ4n) is 0.248. The van der Waals surface area contributed by atoms with Gasteiger partial charge in [-0.15, -0.1) is 0 Å². The molecule has 1 aliphatic rings. The van der Waals surface area contributed by atoms with Crippen molar-refractivity contribution in [3.63, 3.8) is 0 Å². The van der Waals surface area contributed by atoms with E-state index in [0.29, 0.717) is 0 Å². The Hall–Kier alpha value is -0.420. The molecule has 0 bridgehead atoms. The molecule has 0 aromatic carbocycles. The fraction of sp³-hybridized carbons (Fsp3) is 0.500. The van der Waals surface area contributed by atoms with E-state index in [0.717, 1.165) is 0 Å². The van der Waals surface area contributed by atoms with E-state index in [2.05, 4.69) is 28.4 Å². The third kappa shape index (κ3) is 0.971. The van der Waals surface area contributed by atoms with E-state index in [-0.39, 0.29) is 4.00 Å². The zero-order valence-corrected chi connectivity index (χ0v) is 4.71. The molecule has 0 spiro atoms. The minimum atomic E-state index is 0.111. The Kier molecular flexibility index (Phi) is 0.862. The topological polar surface area (TPSA) is 37.1 Å². The molecule has 0 saturated carbocycles. The van der Waals surface area contributed by atoms with E-state index in [1.807, 2.05) is 0 Å². The van der Waals surface area contributed by atoms with Crippen LogP contribution in [0.15, 0.2) is 15.5 Å². The lowest BCUT2D eigenvalue weighted by Gasteiger charge is -2.02. The number of thiol groups is 1. The highest BCUT2D eigenvalue weighted by atomic mass is 32.1. The summed E-state index contributed by atoms with van der Waals surface area (Å²) in [6.07, 6.45) is 1.52. The largest absolute Gasteiger partial charge is 0.251 e. The first-order valence-corrected chi connectivity index (χ1v) is 2.16. The first kappa shape index (κ1) is 4.73. The first-order chi connectivity index (χ1) is 3.21. The van der Waals surface area contributed by atoms with Crippen LogP contribution >= 0.6 is 12.8 Å². The van der Waals surface area contributed by atoms with Crippen molar-refractivity contribution in [2.75, 3.05) is 7.05 Å².